The van der Waals surface area contributed by atoms with Crippen LogP contribution in [0.15, 0.2) is 0 Å². The van der Waals surface area contributed by atoms with E-state index in [9.17, 15) is 4.79 Å². The van der Waals surface area contributed by atoms with Gasteiger partial charge in [-0.1, -0.05) is 13.3 Å². The van der Waals surface area contributed by atoms with Gasteiger partial charge in [-0.05, 0) is 58.0 Å². The summed E-state index contributed by atoms with van der Waals surface area (Å²) in [5.74, 6) is 1.11. The smallest absolute Gasteiger partial charge is 0.222 e. The van der Waals surface area contributed by atoms with Crippen molar-refractivity contribution in [1.29, 1.82) is 0 Å². The van der Waals surface area contributed by atoms with E-state index in [1.54, 1.807) is 0 Å². The SMILES string of the molecule is CCCCN(C)CC1CCN(C(=O)CCC2CCCO2)CC1. The minimum absolute atomic E-state index is 0.341. The van der Waals surface area contributed by atoms with Gasteiger partial charge in [-0.25, -0.2) is 0 Å². The van der Waals surface area contributed by atoms with Gasteiger partial charge in [-0.2, -0.15) is 0 Å². The van der Waals surface area contributed by atoms with E-state index in [0.717, 1.165) is 44.9 Å². The molecule has 2 aliphatic rings. The van der Waals surface area contributed by atoms with Crippen molar-refractivity contribution in [3.8, 4) is 0 Å². The summed E-state index contributed by atoms with van der Waals surface area (Å²) in [5.41, 5.74) is 0. The highest BCUT2D eigenvalue weighted by Crippen LogP contribution is 2.21. The quantitative estimate of drug-likeness (QED) is 0.691. The predicted molar refractivity (Wildman–Crippen MR) is 89.9 cm³/mol. The van der Waals surface area contributed by atoms with Gasteiger partial charge in [-0.3, -0.25) is 4.79 Å². The maximum atomic E-state index is 12.3. The number of unbranched alkanes of at least 4 members (excludes halogenated alkanes) is 1. The Hall–Kier alpha value is -0.610. The Kier molecular flexibility index (Phi) is 7.67. The number of hydrogen-bond donors (Lipinski definition) is 0. The normalized spacial score (nSPS) is 23.4. The molecule has 128 valence electrons. The third-order valence-corrected chi connectivity index (χ3v) is 5.13. The largest absolute Gasteiger partial charge is 0.378 e. The molecule has 0 aliphatic carbocycles. The van der Waals surface area contributed by atoms with Gasteiger partial charge in [0.25, 0.3) is 0 Å². The Morgan fingerprint density at radius 3 is 2.68 bits per heavy atom. The van der Waals surface area contributed by atoms with E-state index in [-0.39, 0.29) is 0 Å². The van der Waals surface area contributed by atoms with Crippen molar-refractivity contribution in [2.45, 2.75) is 64.4 Å². The zero-order chi connectivity index (χ0) is 15.8. The average Bonchev–Trinajstić information content (AvgIpc) is 3.05. The van der Waals surface area contributed by atoms with Crippen LogP contribution in [0.1, 0.15) is 58.3 Å². The number of likely N-dealkylation sites (tertiary alicyclic amines) is 1. The first kappa shape index (κ1) is 17.7. The zero-order valence-electron chi connectivity index (χ0n) is 14.6. The topological polar surface area (TPSA) is 32.8 Å². The molecule has 0 aromatic rings. The first-order valence-corrected chi connectivity index (χ1v) is 9.27. The molecule has 0 N–H and O–H groups in total. The van der Waals surface area contributed by atoms with E-state index < -0.39 is 0 Å². The van der Waals surface area contributed by atoms with E-state index in [0.29, 0.717) is 18.4 Å². The Labute approximate surface area is 136 Å². The fourth-order valence-electron chi connectivity index (χ4n) is 3.64. The highest BCUT2D eigenvalue weighted by atomic mass is 16.5. The summed E-state index contributed by atoms with van der Waals surface area (Å²) >= 11 is 0. The lowest BCUT2D eigenvalue weighted by atomic mass is 9.95. The number of rotatable bonds is 8. The lowest BCUT2D eigenvalue weighted by Gasteiger charge is -2.34. The number of carbonyl (C=O) groups excluding carboxylic acids is 1. The van der Waals surface area contributed by atoms with Gasteiger partial charge in [0.15, 0.2) is 0 Å². The molecule has 0 radical (unpaired) electrons. The first-order valence-electron chi connectivity index (χ1n) is 9.27. The fraction of sp³-hybridized carbons (Fsp3) is 0.944. The second-order valence-corrected chi connectivity index (χ2v) is 7.11. The van der Waals surface area contributed by atoms with Crippen LogP contribution in [0.4, 0.5) is 0 Å². The van der Waals surface area contributed by atoms with Crippen molar-refractivity contribution in [3.05, 3.63) is 0 Å². The van der Waals surface area contributed by atoms with Gasteiger partial charge in [0.1, 0.15) is 0 Å². The number of ether oxygens (including phenoxy) is 1. The molecule has 2 saturated heterocycles. The maximum absolute atomic E-state index is 12.3. The average molecular weight is 310 g/mol. The number of piperidine rings is 1. The van der Waals surface area contributed by atoms with Crippen LogP contribution in [0.25, 0.3) is 0 Å². The molecule has 4 heteroatoms. The Bertz CT molecular complexity index is 321. The molecular weight excluding hydrogens is 276 g/mol. The minimum atomic E-state index is 0.341. The highest BCUT2D eigenvalue weighted by molar-refractivity contribution is 5.76. The van der Waals surface area contributed by atoms with Gasteiger partial charge in [0.2, 0.25) is 5.91 Å². The molecule has 0 aromatic carbocycles. The number of amides is 1. The predicted octanol–water partition coefficient (Wildman–Crippen LogP) is 2.92. The summed E-state index contributed by atoms with van der Waals surface area (Å²) < 4.78 is 5.61. The number of hydrogen-bond acceptors (Lipinski definition) is 3. The van der Waals surface area contributed by atoms with Gasteiger partial charge in [0, 0.05) is 32.7 Å². The summed E-state index contributed by atoms with van der Waals surface area (Å²) in [6, 6.07) is 0. The summed E-state index contributed by atoms with van der Waals surface area (Å²) in [6.07, 6.45) is 9.12. The van der Waals surface area contributed by atoms with Gasteiger partial charge >= 0.3 is 0 Å². The van der Waals surface area contributed by atoms with Crippen molar-refractivity contribution in [2.75, 3.05) is 39.8 Å². The molecule has 0 aromatic heterocycles. The molecule has 2 rings (SSSR count). The van der Waals surface area contributed by atoms with E-state index in [1.165, 1.54) is 38.8 Å². The van der Waals surface area contributed by atoms with Crippen LogP contribution in [0, 0.1) is 5.92 Å². The molecule has 1 atom stereocenters. The summed E-state index contributed by atoms with van der Waals surface area (Å²) in [7, 11) is 2.23. The molecule has 4 nitrogen and oxygen atoms in total. The van der Waals surface area contributed by atoms with Gasteiger partial charge < -0.3 is 14.5 Å². The van der Waals surface area contributed by atoms with Crippen LogP contribution < -0.4 is 0 Å². The second-order valence-electron chi connectivity index (χ2n) is 7.11. The second kappa shape index (κ2) is 9.51. The van der Waals surface area contributed by atoms with E-state index in [2.05, 4.69) is 23.8 Å². The lowest BCUT2D eigenvalue weighted by molar-refractivity contribution is -0.133. The van der Waals surface area contributed by atoms with E-state index >= 15 is 0 Å². The van der Waals surface area contributed by atoms with Crippen LogP contribution >= 0.6 is 0 Å². The third kappa shape index (κ3) is 5.88. The summed E-state index contributed by atoms with van der Waals surface area (Å²) in [4.78, 5) is 16.8. The standard InChI is InChI=1S/C18H34N2O2/c1-3-4-11-19(2)15-16-9-12-20(13-10-16)18(21)8-7-17-6-5-14-22-17/h16-17H,3-15H2,1-2H3. The molecule has 0 spiro atoms. The van der Waals surface area contributed by atoms with Crippen molar-refractivity contribution in [3.63, 3.8) is 0 Å². The van der Waals surface area contributed by atoms with Crippen molar-refractivity contribution in [2.24, 2.45) is 5.92 Å². The Morgan fingerprint density at radius 1 is 1.27 bits per heavy atom. The lowest BCUT2D eigenvalue weighted by Crippen LogP contribution is -2.41. The van der Waals surface area contributed by atoms with Crippen LogP contribution in [0.2, 0.25) is 0 Å². The molecule has 2 heterocycles. The van der Waals surface area contributed by atoms with Crippen molar-refractivity contribution >= 4 is 5.91 Å². The van der Waals surface area contributed by atoms with Gasteiger partial charge in [-0.15, -0.1) is 0 Å². The van der Waals surface area contributed by atoms with E-state index in [4.69, 9.17) is 4.74 Å². The molecule has 0 bridgehead atoms. The maximum Gasteiger partial charge on any atom is 0.222 e. The van der Waals surface area contributed by atoms with Crippen LogP contribution in [0.3, 0.4) is 0 Å². The molecule has 22 heavy (non-hydrogen) atoms. The fourth-order valence-corrected chi connectivity index (χ4v) is 3.64. The first-order chi connectivity index (χ1) is 10.7. The summed E-state index contributed by atoms with van der Waals surface area (Å²) in [5, 5.41) is 0. The summed E-state index contributed by atoms with van der Waals surface area (Å²) in [6.45, 7) is 7.44. The third-order valence-electron chi connectivity index (χ3n) is 5.13. The zero-order valence-corrected chi connectivity index (χ0v) is 14.6. The van der Waals surface area contributed by atoms with Crippen molar-refractivity contribution in [1.82, 2.24) is 9.80 Å². The van der Waals surface area contributed by atoms with Crippen LogP contribution in [-0.4, -0.2) is 61.6 Å². The van der Waals surface area contributed by atoms with Gasteiger partial charge in [0.05, 0.1) is 6.10 Å². The molecular formula is C18H34N2O2. The minimum Gasteiger partial charge on any atom is -0.378 e. The molecule has 0 saturated carbocycles. The van der Waals surface area contributed by atoms with Crippen LogP contribution in [0.5, 0.6) is 0 Å². The molecule has 2 aliphatic heterocycles. The molecule has 2 fully saturated rings. The monoisotopic (exact) mass is 310 g/mol. The molecule has 1 unspecified atom stereocenters. The molecule has 1 amide bonds. The highest BCUT2D eigenvalue weighted by Gasteiger charge is 2.24. The van der Waals surface area contributed by atoms with Crippen LogP contribution in [-0.2, 0) is 9.53 Å². The van der Waals surface area contributed by atoms with E-state index in [1.807, 2.05) is 0 Å². The number of nitrogens with zero attached hydrogens (tertiary/aromatic N) is 2. The van der Waals surface area contributed by atoms with Crippen molar-refractivity contribution < 1.29 is 9.53 Å². The number of carbonyl (C=O) groups is 1. The Morgan fingerprint density at radius 2 is 2.05 bits per heavy atom. The Balaban J connectivity index is 1.60.